The van der Waals surface area contributed by atoms with E-state index in [2.05, 4.69) is 10.2 Å². The number of hydrogen-bond acceptors (Lipinski definition) is 5. The van der Waals surface area contributed by atoms with E-state index in [4.69, 9.17) is 9.72 Å². The van der Waals surface area contributed by atoms with Crippen LogP contribution in [0, 0.1) is 18.8 Å². The summed E-state index contributed by atoms with van der Waals surface area (Å²) in [7, 11) is 0. The number of nitrogens with one attached hydrogen (secondary N) is 1. The molecule has 1 aliphatic heterocycles. The highest BCUT2D eigenvalue weighted by atomic mass is 16.5. The number of benzene rings is 1. The van der Waals surface area contributed by atoms with Gasteiger partial charge in [0.1, 0.15) is 0 Å². The lowest BCUT2D eigenvalue weighted by Crippen LogP contribution is -2.41. The van der Waals surface area contributed by atoms with Crippen LogP contribution in [0.15, 0.2) is 24.3 Å². The summed E-state index contributed by atoms with van der Waals surface area (Å²) in [4.78, 5) is 31.8. The molecule has 1 aromatic heterocycles. The van der Waals surface area contributed by atoms with Crippen LogP contribution in [0.5, 0.6) is 0 Å². The molecular weight excluding hydrogens is 378 g/mol. The number of para-hydroxylation sites is 1. The molecule has 0 spiro atoms. The van der Waals surface area contributed by atoms with Crippen molar-refractivity contribution in [1.29, 1.82) is 0 Å². The molecule has 1 saturated heterocycles. The highest BCUT2D eigenvalue weighted by Gasteiger charge is 2.25. The van der Waals surface area contributed by atoms with Crippen molar-refractivity contribution in [3.63, 3.8) is 0 Å². The Labute approximate surface area is 179 Å². The summed E-state index contributed by atoms with van der Waals surface area (Å²) in [5.74, 6) is 0.209. The van der Waals surface area contributed by atoms with Gasteiger partial charge in [-0.25, -0.2) is 4.79 Å². The van der Waals surface area contributed by atoms with Gasteiger partial charge < -0.3 is 10.1 Å². The Morgan fingerprint density at radius 3 is 2.80 bits per heavy atom. The van der Waals surface area contributed by atoms with Crippen LogP contribution < -0.4 is 5.32 Å². The average molecular weight is 412 g/mol. The predicted octanol–water partition coefficient (Wildman–Crippen LogP) is 3.70. The zero-order chi connectivity index (χ0) is 21.7. The molecule has 3 rings (SSSR count). The van der Waals surface area contributed by atoms with Gasteiger partial charge in [0, 0.05) is 30.9 Å². The van der Waals surface area contributed by atoms with Gasteiger partial charge in [-0.1, -0.05) is 32.0 Å². The topological polar surface area (TPSA) is 71.5 Å². The minimum Gasteiger partial charge on any atom is -0.462 e. The lowest BCUT2D eigenvalue weighted by atomic mass is 9.96. The first-order valence-electron chi connectivity index (χ1n) is 11.0. The van der Waals surface area contributed by atoms with Crippen LogP contribution in [0.4, 0.5) is 0 Å². The molecule has 1 aromatic carbocycles. The summed E-state index contributed by atoms with van der Waals surface area (Å²) < 4.78 is 5.35. The van der Waals surface area contributed by atoms with Crippen LogP contribution in [0.2, 0.25) is 0 Å². The number of esters is 1. The van der Waals surface area contributed by atoms with Gasteiger partial charge in [0.25, 0.3) is 0 Å². The minimum absolute atomic E-state index is 0.00149. The molecule has 1 fully saturated rings. The number of amides is 1. The minimum atomic E-state index is -0.305. The van der Waals surface area contributed by atoms with Crippen molar-refractivity contribution in [3.05, 3.63) is 41.1 Å². The van der Waals surface area contributed by atoms with E-state index in [0.29, 0.717) is 31.2 Å². The molecule has 2 aromatic rings. The Morgan fingerprint density at radius 2 is 2.07 bits per heavy atom. The molecule has 1 unspecified atom stereocenters. The second-order valence-electron chi connectivity index (χ2n) is 8.44. The van der Waals surface area contributed by atoms with Gasteiger partial charge in [-0.2, -0.15) is 0 Å². The van der Waals surface area contributed by atoms with E-state index in [-0.39, 0.29) is 17.8 Å². The van der Waals surface area contributed by atoms with Crippen molar-refractivity contribution in [2.75, 3.05) is 26.2 Å². The van der Waals surface area contributed by atoms with Crippen molar-refractivity contribution >= 4 is 22.8 Å². The van der Waals surface area contributed by atoms with Crippen molar-refractivity contribution in [2.24, 2.45) is 11.8 Å². The first kappa shape index (κ1) is 22.2. The zero-order valence-electron chi connectivity index (χ0n) is 18.5. The van der Waals surface area contributed by atoms with Crippen molar-refractivity contribution in [2.45, 2.75) is 47.1 Å². The normalized spacial score (nSPS) is 17.3. The first-order valence-corrected chi connectivity index (χ1v) is 11.0. The standard InChI is InChI=1S/C24H33N3O3/c1-5-30-24(29)22-17(4)19-10-6-7-11-20(19)26-21(22)15-27-12-8-9-18(14-27)13-25-23(28)16(2)3/h6-7,10-11,16,18H,5,8-9,12-15H2,1-4H3,(H,25,28). The third-order valence-corrected chi connectivity index (χ3v) is 5.77. The van der Waals surface area contributed by atoms with Gasteiger partial charge in [-0.15, -0.1) is 0 Å². The molecule has 6 nitrogen and oxygen atoms in total. The number of aromatic nitrogens is 1. The Bertz CT molecular complexity index is 910. The fraction of sp³-hybridized carbons (Fsp3) is 0.542. The monoisotopic (exact) mass is 411 g/mol. The van der Waals surface area contributed by atoms with Crippen LogP contribution in [0.25, 0.3) is 10.9 Å². The van der Waals surface area contributed by atoms with E-state index in [1.165, 1.54) is 0 Å². The summed E-state index contributed by atoms with van der Waals surface area (Å²) in [5, 5.41) is 4.04. The molecule has 162 valence electrons. The number of piperidine rings is 1. The lowest BCUT2D eigenvalue weighted by Gasteiger charge is -2.33. The van der Waals surface area contributed by atoms with Crippen LogP contribution in [0.1, 0.15) is 55.2 Å². The van der Waals surface area contributed by atoms with Gasteiger partial charge in [0.15, 0.2) is 0 Å². The van der Waals surface area contributed by atoms with E-state index < -0.39 is 0 Å². The summed E-state index contributed by atoms with van der Waals surface area (Å²) in [6.45, 7) is 11.1. The highest BCUT2D eigenvalue weighted by molar-refractivity contribution is 5.98. The van der Waals surface area contributed by atoms with Crippen molar-refractivity contribution in [1.82, 2.24) is 15.2 Å². The molecule has 2 heterocycles. The smallest absolute Gasteiger partial charge is 0.340 e. The number of pyridine rings is 1. The number of fused-ring (bicyclic) bond motifs is 1. The lowest BCUT2D eigenvalue weighted by molar-refractivity contribution is -0.124. The van der Waals surface area contributed by atoms with Crippen LogP contribution in [-0.4, -0.2) is 48.0 Å². The molecule has 1 N–H and O–H groups in total. The van der Waals surface area contributed by atoms with Crippen LogP contribution in [-0.2, 0) is 16.1 Å². The predicted molar refractivity (Wildman–Crippen MR) is 118 cm³/mol. The molecule has 0 radical (unpaired) electrons. The van der Waals surface area contributed by atoms with Gasteiger partial charge in [0.05, 0.1) is 23.4 Å². The molecule has 1 atom stereocenters. The Balaban J connectivity index is 1.81. The second-order valence-corrected chi connectivity index (χ2v) is 8.44. The molecule has 1 amide bonds. The third-order valence-electron chi connectivity index (χ3n) is 5.77. The summed E-state index contributed by atoms with van der Waals surface area (Å²) in [6.07, 6.45) is 2.17. The summed E-state index contributed by atoms with van der Waals surface area (Å²) >= 11 is 0. The molecule has 0 saturated carbocycles. The molecule has 0 aliphatic carbocycles. The Morgan fingerprint density at radius 1 is 1.30 bits per heavy atom. The maximum atomic E-state index is 12.7. The van der Waals surface area contributed by atoms with E-state index in [0.717, 1.165) is 48.1 Å². The third kappa shape index (κ3) is 5.17. The average Bonchev–Trinajstić information content (AvgIpc) is 2.72. The Kier molecular flexibility index (Phi) is 7.43. The van der Waals surface area contributed by atoms with Gasteiger partial charge >= 0.3 is 5.97 Å². The summed E-state index contributed by atoms with van der Waals surface area (Å²) in [5.41, 5.74) is 3.19. The number of hydrogen-bond donors (Lipinski definition) is 1. The van der Waals surface area contributed by atoms with Crippen molar-refractivity contribution in [3.8, 4) is 0 Å². The number of aryl methyl sites for hydroxylation is 1. The molecule has 30 heavy (non-hydrogen) atoms. The SMILES string of the molecule is CCOC(=O)c1c(CN2CCCC(CNC(=O)C(C)C)C2)nc2ccccc2c1C. The largest absolute Gasteiger partial charge is 0.462 e. The quantitative estimate of drug-likeness (QED) is 0.704. The molecular formula is C24H33N3O3. The van der Waals surface area contributed by atoms with Crippen molar-refractivity contribution < 1.29 is 14.3 Å². The van der Waals surface area contributed by atoms with E-state index in [9.17, 15) is 9.59 Å². The summed E-state index contributed by atoms with van der Waals surface area (Å²) in [6, 6.07) is 7.92. The van der Waals surface area contributed by atoms with Crippen LogP contribution in [0.3, 0.4) is 0 Å². The van der Waals surface area contributed by atoms with E-state index >= 15 is 0 Å². The number of nitrogens with zero attached hydrogens (tertiary/aromatic N) is 2. The van der Waals surface area contributed by atoms with Crippen LogP contribution >= 0.6 is 0 Å². The maximum absolute atomic E-state index is 12.7. The number of ether oxygens (including phenoxy) is 1. The van der Waals surface area contributed by atoms with Gasteiger partial charge in [0.2, 0.25) is 5.91 Å². The van der Waals surface area contributed by atoms with Gasteiger partial charge in [-0.05, 0) is 50.8 Å². The molecule has 6 heteroatoms. The maximum Gasteiger partial charge on any atom is 0.340 e. The van der Waals surface area contributed by atoms with Gasteiger partial charge in [-0.3, -0.25) is 14.7 Å². The molecule has 1 aliphatic rings. The van der Waals surface area contributed by atoms with E-state index in [1.807, 2.05) is 52.0 Å². The first-order chi connectivity index (χ1) is 14.4. The Hall–Kier alpha value is -2.47. The van der Waals surface area contributed by atoms with E-state index in [1.54, 1.807) is 0 Å². The number of rotatable bonds is 7. The molecule has 0 bridgehead atoms. The number of carbonyl (C=O) groups excluding carboxylic acids is 2. The number of carbonyl (C=O) groups is 2. The second kappa shape index (κ2) is 10.0. The number of likely N-dealkylation sites (tertiary alicyclic amines) is 1. The fourth-order valence-electron chi connectivity index (χ4n) is 4.15. The zero-order valence-corrected chi connectivity index (χ0v) is 18.5. The highest BCUT2D eigenvalue weighted by Crippen LogP contribution is 2.26. The fourth-order valence-corrected chi connectivity index (χ4v) is 4.15.